The molecular weight excluding hydrogens is 403 g/mol. The smallest absolute Gasteiger partial charge is 0.388 e. The largest absolute Gasteiger partial charge is 0.434 e. The van der Waals surface area contributed by atoms with E-state index < -0.39 is 41.6 Å². The second kappa shape index (κ2) is 9.33. The Bertz CT molecular complexity index is 700. The van der Waals surface area contributed by atoms with Crippen molar-refractivity contribution in [3.05, 3.63) is 18.1 Å². The zero-order chi connectivity index (χ0) is 22.7. The van der Waals surface area contributed by atoms with Gasteiger partial charge in [-0.25, -0.2) is 4.98 Å². The fraction of sp³-hybridized carbons (Fsp3) is 0.800. The summed E-state index contributed by atoms with van der Waals surface area (Å²) in [5.41, 5.74) is -1.71. The van der Waals surface area contributed by atoms with Gasteiger partial charge in [0.15, 0.2) is 5.69 Å². The number of nitrogens with zero attached hydrogens (tertiary/aromatic N) is 2. The van der Waals surface area contributed by atoms with Crippen LogP contribution in [0, 0.1) is 10.8 Å². The van der Waals surface area contributed by atoms with Crippen LogP contribution in [0.4, 0.5) is 19.0 Å². The number of hydrogen-bond donors (Lipinski definition) is 3. The normalized spacial score (nSPS) is 25.9. The average molecular weight is 435 g/mol. The summed E-state index contributed by atoms with van der Waals surface area (Å²) in [5.74, 6) is -0.160. The van der Waals surface area contributed by atoms with Gasteiger partial charge in [0, 0.05) is 5.41 Å². The van der Waals surface area contributed by atoms with Crippen LogP contribution >= 0.6 is 0 Å². The average Bonchev–Trinajstić information content (AvgIpc) is 2.64. The van der Waals surface area contributed by atoms with Crippen LogP contribution in [0.2, 0.25) is 0 Å². The van der Waals surface area contributed by atoms with Crippen LogP contribution in [0.1, 0.15) is 46.7 Å². The van der Waals surface area contributed by atoms with Gasteiger partial charge in [0.1, 0.15) is 18.0 Å². The summed E-state index contributed by atoms with van der Waals surface area (Å²) in [5, 5.41) is 23.9. The zero-order valence-corrected chi connectivity index (χ0v) is 18.0. The Morgan fingerprint density at radius 3 is 2.40 bits per heavy atom. The predicted octanol–water partition coefficient (Wildman–Crippen LogP) is 2.88. The fourth-order valence-corrected chi connectivity index (χ4v) is 3.17. The number of alkyl halides is 3. The molecule has 1 fully saturated rings. The Kier molecular flexibility index (Phi) is 7.71. The third kappa shape index (κ3) is 6.26. The molecule has 30 heavy (non-hydrogen) atoms. The van der Waals surface area contributed by atoms with E-state index in [1.807, 2.05) is 13.8 Å². The molecule has 0 spiro atoms. The van der Waals surface area contributed by atoms with Crippen molar-refractivity contribution in [1.82, 2.24) is 9.97 Å². The van der Waals surface area contributed by atoms with Gasteiger partial charge < -0.3 is 25.0 Å². The van der Waals surface area contributed by atoms with E-state index in [2.05, 4.69) is 36.1 Å². The summed E-state index contributed by atoms with van der Waals surface area (Å²) in [6, 6.07) is -0.843. The third-order valence-corrected chi connectivity index (χ3v) is 5.48. The molecule has 0 aliphatic carbocycles. The maximum atomic E-state index is 12.8. The number of aliphatic hydroxyl groups excluding tert-OH is 2. The number of hydrogen-bond acceptors (Lipinski definition) is 7. The molecule has 0 bridgehead atoms. The number of anilines is 1. The predicted molar refractivity (Wildman–Crippen MR) is 105 cm³/mol. The molecule has 172 valence electrons. The van der Waals surface area contributed by atoms with Gasteiger partial charge in [0.2, 0.25) is 0 Å². The standard InChI is InChI=1S/C20H32F3N3O4/c1-6-18(2,3)10-29-11-19(4,5)17-16(28)15(27)12(9-30-17)25-14-8-24-7-13(26-14)20(21,22)23/h7-8,12,15-17,27-28H,6,9-11H2,1-5H3,(H,25,26)/t12-,15+,16+,17-/m0/s1. The highest BCUT2D eigenvalue weighted by atomic mass is 19.4. The lowest BCUT2D eigenvalue weighted by molar-refractivity contribution is -0.188. The molecule has 0 saturated carbocycles. The van der Waals surface area contributed by atoms with Gasteiger partial charge in [-0.05, 0) is 11.8 Å². The molecule has 1 aromatic heterocycles. The summed E-state index contributed by atoms with van der Waals surface area (Å²) in [6.45, 7) is 10.9. The van der Waals surface area contributed by atoms with Crippen molar-refractivity contribution in [3.63, 3.8) is 0 Å². The lowest BCUT2D eigenvalue weighted by atomic mass is 9.80. The van der Waals surface area contributed by atoms with Crippen molar-refractivity contribution in [2.75, 3.05) is 25.1 Å². The van der Waals surface area contributed by atoms with E-state index in [0.29, 0.717) is 19.4 Å². The highest BCUT2D eigenvalue weighted by molar-refractivity contribution is 5.34. The Balaban J connectivity index is 2.00. The van der Waals surface area contributed by atoms with Crippen molar-refractivity contribution >= 4 is 5.82 Å². The highest BCUT2D eigenvalue weighted by Crippen LogP contribution is 2.33. The second-order valence-electron chi connectivity index (χ2n) is 9.27. The molecule has 0 aromatic carbocycles. The van der Waals surface area contributed by atoms with Gasteiger partial charge in [-0.2, -0.15) is 13.2 Å². The third-order valence-electron chi connectivity index (χ3n) is 5.48. The second-order valence-corrected chi connectivity index (χ2v) is 9.27. The van der Waals surface area contributed by atoms with Gasteiger partial charge in [0.25, 0.3) is 0 Å². The quantitative estimate of drug-likeness (QED) is 0.578. The van der Waals surface area contributed by atoms with Crippen LogP contribution in [0.3, 0.4) is 0 Å². The maximum Gasteiger partial charge on any atom is 0.434 e. The molecule has 1 aromatic rings. The molecule has 0 amide bonds. The van der Waals surface area contributed by atoms with Crippen molar-refractivity contribution in [2.45, 2.75) is 71.6 Å². The zero-order valence-electron chi connectivity index (χ0n) is 18.0. The van der Waals surface area contributed by atoms with E-state index >= 15 is 0 Å². The number of rotatable bonds is 8. The number of aliphatic hydroxyl groups is 2. The van der Waals surface area contributed by atoms with Crippen molar-refractivity contribution in [2.24, 2.45) is 10.8 Å². The topological polar surface area (TPSA) is 96.7 Å². The van der Waals surface area contributed by atoms with Gasteiger partial charge >= 0.3 is 6.18 Å². The Hall–Kier alpha value is -1.49. The number of halogens is 3. The molecule has 0 unspecified atom stereocenters. The molecule has 1 aliphatic heterocycles. The molecule has 4 atom stereocenters. The number of nitrogens with one attached hydrogen (secondary N) is 1. The minimum absolute atomic E-state index is 0.0231. The summed E-state index contributed by atoms with van der Waals surface area (Å²) in [6.07, 6.45) is -5.17. The Labute approximate surface area is 175 Å². The number of aromatic nitrogens is 2. The van der Waals surface area contributed by atoms with Crippen LogP contribution in [-0.4, -0.2) is 64.4 Å². The van der Waals surface area contributed by atoms with Crippen molar-refractivity contribution < 1.29 is 32.9 Å². The van der Waals surface area contributed by atoms with Crippen LogP contribution in [0.15, 0.2) is 12.4 Å². The fourth-order valence-electron chi connectivity index (χ4n) is 3.17. The first-order valence-electron chi connectivity index (χ1n) is 9.98. The first-order chi connectivity index (χ1) is 13.8. The van der Waals surface area contributed by atoms with E-state index in [1.54, 1.807) is 0 Å². The van der Waals surface area contributed by atoms with Gasteiger partial charge in [-0.1, -0.05) is 34.6 Å². The molecule has 3 N–H and O–H groups in total. The summed E-state index contributed by atoms with van der Waals surface area (Å²) >= 11 is 0. The summed E-state index contributed by atoms with van der Waals surface area (Å²) in [7, 11) is 0. The first kappa shape index (κ1) is 24.8. The molecule has 7 nitrogen and oxygen atoms in total. The minimum Gasteiger partial charge on any atom is -0.388 e. The lowest BCUT2D eigenvalue weighted by Crippen LogP contribution is -2.60. The Morgan fingerprint density at radius 1 is 1.13 bits per heavy atom. The van der Waals surface area contributed by atoms with E-state index in [0.717, 1.165) is 12.6 Å². The monoisotopic (exact) mass is 435 g/mol. The molecular formula is C20H32F3N3O4. The first-order valence-corrected chi connectivity index (χ1v) is 9.98. The summed E-state index contributed by atoms with van der Waals surface area (Å²) in [4.78, 5) is 7.00. The van der Waals surface area contributed by atoms with Crippen molar-refractivity contribution in [3.8, 4) is 0 Å². The van der Waals surface area contributed by atoms with E-state index in [4.69, 9.17) is 9.47 Å². The molecule has 0 radical (unpaired) electrons. The molecule has 10 heteroatoms. The van der Waals surface area contributed by atoms with Gasteiger partial charge in [0.05, 0.1) is 44.4 Å². The van der Waals surface area contributed by atoms with Gasteiger partial charge in [-0.3, -0.25) is 4.98 Å². The minimum atomic E-state index is -4.63. The lowest BCUT2D eigenvalue weighted by Gasteiger charge is -2.45. The van der Waals surface area contributed by atoms with Crippen LogP contribution < -0.4 is 5.32 Å². The van der Waals surface area contributed by atoms with Crippen LogP contribution in [0.5, 0.6) is 0 Å². The molecule has 1 aliphatic rings. The maximum absolute atomic E-state index is 12.8. The Morgan fingerprint density at radius 2 is 1.80 bits per heavy atom. The molecule has 2 rings (SSSR count). The van der Waals surface area contributed by atoms with Crippen molar-refractivity contribution in [1.29, 1.82) is 0 Å². The molecule has 2 heterocycles. The summed E-state index contributed by atoms with van der Waals surface area (Å²) < 4.78 is 50.1. The van der Waals surface area contributed by atoms with E-state index in [9.17, 15) is 23.4 Å². The highest BCUT2D eigenvalue weighted by Gasteiger charge is 2.46. The van der Waals surface area contributed by atoms with Gasteiger partial charge in [-0.15, -0.1) is 0 Å². The number of ether oxygens (including phenoxy) is 2. The van der Waals surface area contributed by atoms with E-state index in [1.165, 1.54) is 0 Å². The van der Waals surface area contributed by atoms with Crippen LogP contribution in [0.25, 0.3) is 0 Å². The SMILES string of the molecule is CCC(C)(C)COCC(C)(C)[C@H]1OC[C@H](Nc2cncc(C(F)(F)F)n2)[C@@H](O)[C@H]1O. The van der Waals surface area contributed by atoms with Crippen LogP contribution in [-0.2, 0) is 15.7 Å². The van der Waals surface area contributed by atoms with E-state index in [-0.39, 0.29) is 17.8 Å². The molecule has 1 saturated heterocycles.